The molecule has 0 atom stereocenters. The summed E-state index contributed by atoms with van der Waals surface area (Å²) < 4.78 is 0.878. The molecule has 2 aliphatic heterocycles. The third-order valence-corrected chi connectivity index (χ3v) is 8.53. The van der Waals surface area contributed by atoms with Crippen molar-refractivity contribution in [2.45, 2.75) is 104 Å². The molecule has 0 aromatic rings. The SMILES string of the molecule is CC(C)(C)NC(=O)CCCCCN1C(=O)/C(=C2\SC(=S)N(CCCCCC(=O)NC(C)(C)C)C2=O)SC1=S. The largest absolute Gasteiger partial charge is 0.352 e. The fraction of sp³-hybridized carbons (Fsp3) is 0.692. The predicted molar refractivity (Wildman–Crippen MR) is 164 cm³/mol. The van der Waals surface area contributed by atoms with Crippen molar-refractivity contribution in [1.29, 1.82) is 0 Å². The molecule has 0 radical (unpaired) electrons. The van der Waals surface area contributed by atoms with E-state index in [2.05, 4.69) is 10.6 Å². The van der Waals surface area contributed by atoms with Crippen molar-refractivity contribution in [2.75, 3.05) is 13.1 Å². The van der Waals surface area contributed by atoms with E-state index in [1.165, 1.54) is 0 Å². The Balaban J connectivity index is 1.81. The molecule has 8 nitrogen and oxygen atoms in total. The second-order valence-electron chi connectivity index (χ2n) is 11.5. The van der Waals surface area contributed by atoms with Crippen LogP contribution in [0.2, 0.25) is 0 Å². The van der Waals surface area contributed by atoms with Gasteiger partial charge in [-0.05, 0) is 67.2 Å². The maximum absolute atomic E-state index is 13.1. The number of carbonyl (C=O) groups excluding carboxylic acids is 4. The topological polar surface area (TPSA) is 98.8 Å². The maximum atomic E-state index is 13.1. The van der Waals surface area contributed by atoms with Gasteiger partial charge in [0.15, 0.2) is 0 Å². The van der Waals surface area contributed by atoms with Crippen LogP contribution < -0.4 is 10.6 Å². The standard InChI is InChI=1S/C26H40N4O4S4/c1-25(2,3)27-17(31)13-9-7-11-15-29-21(33)19(37-23(29)35)20-22(34)30(24(36)38-20)16-12-8-10-14-18(32)28-26(4,5)6/h7-16H2,1-6H3,(H,27,31)(H,28,32)/b20-19+. The number of hydrogen-bond donors (Lipinski definition) is 2. The molecule has 0 saturated carbocycles. The van der Waals surface area contributed by atoms with Crippen molar-refractivity contribution in [3.05, 3.63) is 9.81 Å². The fourth-order valence-corrected chi connectivity index (χ4v) is 6.65. The summed E-state index contributed by atoms with van der Waals surface area (Å²) in [6, 6.07) is 0. The Morgan fingerprint density at radius 2 is 1.00 bits per heavy atom. The second kappa shape index (κ2) is 14.2. The first kappa shape index (κ1) is 32.7. The third kappa shape index (κ3) is 10.6. The zero-order valence-corrected chi connectivity index (χ0v) is 26.5. The van der Waals surface area contributed by atoms with Crippen LogP contribution in [-0.2, 0) is 19.2 Å². The molecule has 4 amide bonds. The smallest absolute Gasteiger partial charge is 0.267 e. The Bertz CT molecular complexity index is 920. The summed E-state index contributed by atoms with van der Waals surface area (Å²) in [7, 11) is 0. The summed E-state index contributed by atoms with van der Waals surface area (Å²) in [5.41, 5.74) is -0.492. The molecule has 2 rings (SSSR count). The van der Waals surface area contributed by atoms with Gasteiger partial charge in [-0.25, -0.2) is 0 Å². The summed E-state index contributed by atoms with van der Waals surface area (Å²) in [5.74, 6) is -0.459. The molecule has 38 heavy (non-hydrogen) atoms. The molecule has 2 fully saturated rings. The molecule has 2 N–H and O–H groups in total. The number of hydrogen-bond acceptors (Lipinski definition) is 8. The van der Waals surface area contributed by atoms with E-state index < -0.39 is 0 Å². The highest BCUT2D eigenvalue weighted by atomic mass is 32.2. The number of carbonyl (C=O) groups is 4. The Morgan fingerprint density at radius 1 is 0.658 bits per heavy atom. The van der Waals surface area contributed by atoms with E-state index in [0.717, 1.165) is 62.0 Å². The van der Waals surface area contributed by atoms with Crippen molar-refractivity contribution in [1.82, 2.24) is 20.4 Å². The van der Waals surface area contributed by atoms with Gasteiger partial charge in [-0.1, -0.05) is 60.8 Å². The van der Waals surface area contributed by atoms with E-state index in [4.69, 9.17) is 24.4 Å². The van der Waals surface area contributed by atoms with Crippen LogP contribution in [-0.4, -0.2) is 66.2 Å². The van der Waals surface area contributed by atoms with Gasteiger partial charge >= 0.3 is 0 Å². The number of unbranched alkanes of at least 4 members (excludes halogenated alkanes) is 4. The number of nitrogens with zero attached hydrogens (tertiary/aromatic N) is 2. The average molecular weight is 601 g/mol. The van der Waals surface area contributed by atoms with Crippen molar-refractivity contribution < 1.29 is 19.2 Å². The number of thiocarbonyl (C=S) groups is 2. The summed E-state index contributed by atoms with van der Waals surface area (Å²) >= 11 is 13.2. The lowest BCUT2D eigenvalue weighted by Gasteiger charge is -2.20. The highest BCUT2D eigenvalue weighted by Crippen LogP contribution is 2.42. The molecule has 0 bridgehead atoms. The molecule has 0 aliphatic carbocycles. The molecule has 2 aliphatic rings. The minimum atomic E-state index is -0.254. The van der Waals surface area contributed by atoms with Crippen LogP contribution in [0.4, 0.5) is 0 Å². The number of amides is 4. The van der Waals surface area contributed by atoms with Gasteiger partial charge in [0.1, 0.15) is 8.64 Å². The Kier molecular flexibility index (Phi) is 12.2. The normalized spacial score (nSPS) is 18.6. The molecule has 2 heterocycles. The highest BCUT2D eigenvalue weighted by Gasteiger charge is 2.41. The first-order chi connectivity index (χ1) is 17.6. The van der Waals surface area contributed by atoms with Crippen LogP contribution >= 0.6 is 48.0 Å². The van der Waals surface area contributed by atoms with E-state index in [0.29, 0.717) is 44.4 Å². The Hall–Kier alpha value is -1.50. The molecular weight excluding hydrogens is 561 g/mol. The van der Waals surface area contributed by atoms with E-state index in [-0.39, 0.29) is 34.7 Å². The van der Waals surface area contributed by atoms with Crippen LogP contribution in [0, 0.1) is 0 Å². The summed E-state index contributed by atoms with van der Waals surface area (Å²) in [5, 5.41) is 5.89. The number of rotatable bonds is 12. The van der Waals surface area contributed by atoms with Crippen LogP contribution in [0.1, 0.15) is 92.9 Å². The van der Waals surface area contributed by atoms with Crippen molar-refractivity contribution in [2.24, 2.45) is 0 Å². The van der Waals surface area contributed by atoms with Crippen LogP contribution in [0.3, 0.4) is 0 Å². The maximum Gasteiger partial charge on any atom is 0.267 e. The van der Waals surface area contributed by atoms with Gasteiger partial charge in [-0.2, -0.15) is 0 Å². The molecule has 0 unspecified atom stereocenters. The minimum Gasteiger partial charge on any atom is -0.352 e. The quantitative estimate of drug-likeness (QED) is 0.186. The van der Waals surface area contributed by atoms with Crippen molar-refractivity contribution in [3.63, 3.8) is 0 Å². The molecular formula is C26H40N4O4S4. The monoisotopic (exact) mass is 600 g/mol. The van der Waals surface area contributed by atoms with E-state index in [1.54, 1.807) is 9.80 Å². The van der Waals surface area contributed by atoms with E-state index >= 15 is 0 Å². The van der Waals surface area contributed by atoms with Gasteiger partial charge in [-0.15, -0.1) is 0 Å². The zero-order valence-electron chi connectivity index (χ0n) is 23.2. The molecule has 12 heteroatoms. The van der Waals surface area contributed by atoms with Gasteiger partial charge in [0.2, 0.25) is 11.8 Å². The summed E-state index contributed by atoms with van der Waals surface area (Å²) in [6.07, 6.45) is 5.39. The average Bonchev–Trinajstić information content (AvgIpc) is 3.20. The van der Waals surface area contributed by atoms with Crippen molar-refractivity contribution in [3.8, 4) is 0 Å². The van der Waals surface area contributed by atoms with Crippen LogP contribution in [0.25, 0.3) is 0 Å². The fourth-order valence-electron chi connectivity index (χ4n) is 3.88. The van der Waals surface area contributed by atoms with Crippen LogP contribution in [0.15, 0.2) is 9.81 Å². The van der Waals surface area contributed by atoms with Gasteiger partial charge < -0.3 is 10.6 Å². The predicted octanol–water partition coefficient (Wildman–Crippen LogP) is 4.87. The lowest BCUT2D eigenvalue weighted by atomic mass is 10.1. The molecule has 212 valence electrons. The zero-order chi connectivity index (χ0) is 28.7. The first-order valence-corrected chi connectivity index (χ1v) is 15.5. The summed E-state index contributed by atoms with van der Waals surface area (Å²) in [6.45, 7) is 12.6. The molecule has 2 saturated heterocycles. The lowest BCUT2D eigenvalue weighted by Crippen LogP contribution is -2.40. The molecule has 0 aromatic carbocycles. The number of nitrogens with one attached hydrogen (secondary N) is 2. The van der Waals surface area contributed by atoms with Crippen LogP contribution in [0.5, 0.6) is 0 Å². The minimum absolute atomic E-state index is 0.0242. The summed E-state index contributed by atoms with van der Waals surface area (Å²) in [4.78, 5) is 53.9. The molecule has 0 aromatic heterocycles. The molecule has 0 spiro atoms. The van der Waals surface area contributed by atoms with Gasteiger partial charge in [-0.3, -0.25) is 29.0 Å². The van der Waals surface area contributed by atoms with Gasteiger partial charge in [0, 0.05) is 37.0 Å². The number of thioether (sulfide) groups is 2. The first-order valence-electron chi connectivity index (χ1n) is 13.0. The van der Waals surface area contributed by atoms with E-state index in [1.807, 2.05) is 41.5 Å². The van der Waals surface area contributed by atoms with E-state index in [9.17, 15) is 19.2 Å². The van der Waals surface area contributed by atoms with Crippen molar-refractivity contribution >= 4 is 80.2 Å². The third-order valence-electron chi connectivity index (χ3n) is 5.50. The van der Waals surface area contributed by atoms with Gasteiger partial charge in [0.25, 0.3) is 11.8 Å². The second-order valence-corrected chi connectivity index (χ2v) is 14.8. The Morgan fingerprint density at radius 3 is 1.32 bits per heavy atom. The highest BCUT2D eigenvalue weighted by molar-refractivity contribution is 8.29. The lowest BCUT2D eigenvalue weighted by molar-refractivity contribution is -0.124. The Labute approximate surface area is 245 Å². The van der Waals surface area contributed by atoms with Gasteiger partial charge in [0.05, 0.1) is 9.81 Å².